The van der Waals surface area contributed by atoms with Crippen LogP contribution in [0.15, 0.2) is 24.3 Å². The zero-order chi connectivity index (χ0) is 14.7. The molecule has 1 heterocycles. The minimum absolute atomic E-state index is 0.190. The summed E-state index contributed by atoms with van der Waals surface area (Å²) in [6.45, 7) is 5.14. The van der Waals surface area contributed by atoms with Crippen molar-refractivity contribution in [1.29, 1.82) is 0 Å². The van der Waals surface area contributed by atoms with Gasteiger partial charge in [-0.25, -0.2) is 0 Å². The van der Waals surface area contributed by atoms with E-state index in [1.807, 2.05) is 12.1 Å². The van der Waals surface area contributed by atoms with Crippen LogP contribution in [0.3, 0.4) is 0 Å². The highest BCUT2D eigenvalue weighted by Gasteiger charge is 2.32. The first-order valence-electron chi connectivity index (χ1n) is 7.15. The lowest BCUT2D eigenvalue weighted by atomic mass is 9.89. The SMILES string of the molecule is COc1ccc(C(C)N2CCC(C(=O)O)CC2C)cc1. The van der Waals surface area contributed by atoms with Gasteiger partial charge in [0.1, 0.15) is 5.75 Å². The summed E-state index contributed by atoms with van der Waals surface area (Å²) in [6.07, 6.45) is 1.47. The van der Waals surface area contributed by atoms with Crippen molar-refractivity contribution in [2.24, 2.45) is 5.92 Å². The number of carboxylic acid groups (broad SMARTS) is 1. The summed E-state index contributed by atoms with van der Waals surface area (Å²) in [5.41, 5.74) is 1.24. The number of benzene rings is 1. The van der Waals surface area contributed by atoms with Gasteiger partial charge >= 0.3 is 5.97 Å². The minimum atomic E-state index is -0.659. The van der Waals surface area contributed by atoms with Crippen LogP contribution < -0.4 is 4.74 Å². The van der Waals surface area contributed by atoms with E-state index in [4.69, 9.17) is 9.84 Å². The number of nitrogens with zero attached hydrogens (tertiary/aromatic N) is 1. The van der Waals surface area contributed by atoms with Crippen LogP contribution in [0.25, 0.3) is 0 Å². The van der Waals surface area contributed by atoms with Gasteiger partial charge in [0.2, 0.25) is 0 Å². The van der Waals surface area contributed by atoms with Crippen LogP contribution in [0, 0.1) is 5.92 Å². The maximum absolute atomic E-state index is 11.1. The Morgan fingerprint density at radius 1 is 1.40 bits per heavy atom. The van der Waals surface area contributed by atoms with E-state index in [0.29, 0.717) is 12.1 Å². The molecule has 1 aliphatic rings. The van der Waals surface area contributed by atoms with Gasteiger partial charge in [0.05, 0.1) is 13.0 Å². The maximum Gasteiger partial charge on any atom is 0.306 e. The van der Waals surface area contributed by atoms with Crippen molar-refractivity contribution in [2.75, 3.05) is 13.7 Å². The lowest BCUT2D eigenvalue weighted by Gasteiger charge is -2.40. The average molecular weight is 277 g/mol. The number of carbonyl (C=O) groups is 1. The first-order valence-corrected chi connectivity index (χ1v) is 7.15. The predicted molar refractivity (Wildman–Crippen MR) is 77.9 cm³/mol. The van der Waals surface area contributed by atoms with Crippen LogP contribution in [0.1, 0.15) is 38.3 Å². The van der Waals surface area contributed by atoms with Crippen molar-refractivity contribution in [1.82, 2.24) is 4.90 Å². The second-order valence-corrected chi connectivity index (χ2v) is 5.60. The number of hydrogen-bond acceptors (Lipinski definition) is 3. The third-order valence-corrected chi connectivity index (χ3v) is 4.37. The first kappa shape index (κ1) is 14.9. The molecule has 0 aliphatic carbocycles. The summed E-state index contributed by atoms with van der Waals surface area (Å²) in [4.78, 5) is 13.5. The second-order valence-electron chi connectivity index (χ2n) is 5.60. The molecule has 1 N–H and O–H groups in total. The summed E-state index contributed by atoms with van der Waals surface area (Å²) in [5, 5.41) is 9.12. The van der Waals surface area contributed by atoms with Crippen LogP contribution in [0.5, 0.6) is 5.75 Å². The molecule has 1 aliphatic heterocycles. The highest BCUT2D eigenvalue weighted by atomic mass is 16.5. The number of carboxylic acids is 1. The monoisotopic (exact) mass is 277 g/mol. The number of hydrogen-bond donors (Lipinski definition) is 1. The van der Waals surface area contributed by atoms with Gasteiger partial charge in [-0.1, -0.05) is 12.1 Å². The normalized spacial score (nSPS) is 25.1. The molecule has 0 bridgehead atoms. The standard InChI is InChI=1S/C16H23NO3/c1-11-10-14(16(18)19)8-9-17(11)12(2)13-4-6-15(20-3)7-5-13/h4-7,11-12,14H,8-10H2,1-3H3,(H,18,19). The average Bonchev–Trinajstić information content (AvgIpc) is 2.46. The summed E-state index contributed by atoms with van der Waals surface area (Å²) in [7, 11) is 1.66. The van der Waals surface area contributed by atoms with E-state index in [2.05, 4.69) is 30.9 Å². The van der Waals surface area contributed by atoms with Gasteiger partial charge in [-0.3, -0.25) is 9.69 Å². The molecule has 0 saturated carbocycles. The summed E-state index contributed by atoms with van der Waals surface area (Å²) < 4.78 is 5.18. The van der Waals surface area contributed by atoms with Crippen LogP contribution in [0.2, 0.25) is 0 Å². The minimum Gasteiger partial charge on any atom is -0.497 e. The van der Waals surface area contributed by atoms with Crippen molar-refractivity contribution in [3.8, 4) is 5.75 Å². The van der Waals surface area contributed by atoms with Crippen LogP contribution in [0.4, 0.5) is 0 Å². The Bertz CT molecular complexity index is 457. The fraction of sp³-hybridized carbons (Fsp3) is 0.562. The van der Waals surface area contributed by atoms with E-state index < -0.39 is 5.97 Å². The van der Waals surface area contributed by atoms with E-state index >= 15 is 0 Å². The molecule has 1 saturated heterocycles. The molecule has 0 spiro atoms. The van der Waals surface area contributed by atoms with Crippen LogP contribution >= 0.6 is 0 Å². The van der Waals surface area contributed by atoms with Gasteiger partial charge in [-0.05, 0) is 50.9 Å². The number of likely N-dealkylation sites (tertiary alicyclic amines) is 1. The maximum atomic E-state index is 11.1. The molecule has 110 valence electrons. The van der Waals surface area contributed by atoms with E-state index in [-0.39, 0.29) is 5.92 Å². The Labute approximate surface area is 120 Å². The van der Waals surface area contributed by atoms with E-state index in [0.717, 1.165) is 25.1 Å². The molecule has 20 heavy (non-hydrogen) atoms. The van der Waals surface area contributed by atoms with Crippen molar-refractivity contribution >= 4 is 5.97 Å². The zero-order valence-corrected chi connectivity index (χ0v) is 12.4. The summed E-state index contributed by atoms with van der Waals surface area (Å²) in [6, 6.07) is 8.70. The highest BCUT2D eigenvalue weighted by molar-refractivity contribution is 5.70. The van der Waals surface area contributed by atoms with Crippen molar-refractivity contribution in [3.05, 3.63) is 29.8 Å². The number of ether oxygens (including phenoxy) is 1. The quantitative estimate of drug-likeness (QED) is 0.919. The van der Waals surface area contributed by atoms with E-state index in [1.54, 1.807) is 7.11 Å². The highest BCUT2D eigenvalue weighted by Crippen LogP contribution is 2.31. The Morgan fingerprint density at radius 3 is 2.55 bits per heavy atom. The molecule has 2 rings (SSSR count). The van der Waals surface area contributed by atoms with E-state index in [1.165, 1.54) is 5.56 Å². The van der Waals surface area contributed by atoms with Crippen LogP contribution in [-0.4, -0.2) is 35.7 Å². The Kier molecular flexibility index (Phi) is 4.65. The number of rotatable bonds is 4. The molecule has 3 unspecified atom stereocenters. The Balaban J connectivity index is 2.05. The molecule has 4 nitrogen and oxygen atoms in total. The molecule has 1 fully saturated rings. The summed E-state index contributed by atoms with van der Waals surface area (Å²) in [5.74, 6) is 0.0106. The zero-order valence-electron chi connectivity index (χ0n) is 12.4. The number of piperidine rings is 1. The Morgan fingerprint density at radius 2 is 2.05 bits per heavy atom. The molecule has 0 amide bonds. The Hall–Kier alpha value is -1.55. The molecular formula is C16H23NO3. The van der Waals surface area contributed by atoms with Gasteiger partial charge in [0.25, 0.3) is 0 Å². The number of methoxy groups -OCH3 is 1. The van der Waals surface area contributed by atoms with Gasteiger partial charge in [0.15, 0.2) is 0 Å². The topological polar surface area (TPSA) is 49.8 Å². The largest absolute Gasteiger partial charge is 0.497 e. The predicted octanol–water partition coefficient (Wildman–Crippen LogP) is 2.94. The van der Waals surface area contributed by atoms with Gasteiger partial charge in [-0.2, -0.15) is 0 Å². The third-order valence-electron chi connectivity index (χ3n) is 4.37. The van der Waals surface area contributed by atoms with Gasteiger partial charge in [0, 0.05) is 12.1 Å². The van der Waals surface area contributed by atoms with Crippen molar-refractivity contribution < 1.29 is 14.6 Å². The lowest BCUT2D eigenvalue weighted by Crippen LogP contribution is -2.43. The van der Waals surface area contributed by atoms with Crippen molar-refractivity contribution in [2.45, 2.75) is 38.8 Å². The first-order chi connectivity index (χ1) is 9.52. The molecule has 0 aromatic heterocycles. The molecule has 0 radical (unpaired) electrons. The van der Waals surface area contributed by atoms with Gasteiger partial charge in [-0.15, -0.1) is 0 Å². The van der Waals surface area contributed by atoms with Gasteiger partial charge < -0.3 is 9.84 Å². The van der Waals surface area contributed by atoms with Crippen LogP contribution in [-0.2, 0) is 4.79 Å². The molecule has 1 aromatic carbocycles. The molecule has 3 atom stereocenters. The smallest absolute Gasteiger partial charge is 0.306 e. The molecular weight excluding hydrogens is 254 g/mol. The summed E-state index contributed by atoms with van der Waals surface area (Å²) >= 11 is 0. The number of aliphatic carboxylic acids is 1. The molecule has 4 heteroatoms. The van der Waals surface area contributed by atoms with E-state index in [9.17, 15) is 4.79 Å². The third kappa shape index (κ3) is 3.12. The molecule has 1 aromatic rings. The fourth-order valence-electron chi connectivity index (χ4n) is 3.06. The fourth-order valence-corrected chi connectivity index (χ4v) is 3.06. The van der Waals surface area contributed by atoms with Crippen molar-refractivity contribution in [3.63, 3.8) is 0 Å². The second kappa shape index (κ2) is 6.27. The lowest BCUT2D eigenvalue weighted by molar-refractivity contribution is -0.144.